The average molecular weight is 272 g/mol. The first-order valence-electron chi connectivity index (χ1n) is 5.02. The standard InChI is InChI=1S/C11H11BrFNO/c12-9-4-7(13)3-8-10(9)14-5-11(8)1-2-15-6-11/h3-4,14H,1-2,5-6H2. The Bertz CT molecular complexity index is 415. The lowest BCUT2D eigenvalue weighted by molar-refractivity contribution is 0.181. The first-order valence-corrected chi connectivity index (χ1v) is 5.82. The van der Waals surface area contributed by atoms with Crippen LogP contribution in [0.25, 0.3) is 0 Å². The number of fused-ring (bicyclic) bond motifs is 2. The van der Waals surface area contributed by atoms with Crippen LogP contribution in [0.5, 0.6) is 0 Å². The number of hydrogen-bond donors (Lipinski definition) is 1. The minimum Gasteiger partial charge on any atom is -0.383 e. The first-order chi connectivity index (χ1) is 7.21. The van der Waals surface area contributed by atoms with Crippen LogP contribution in [0, 0.1) is 5.82 Å². The van der Waals surface area contributed by atoms with E-state index >= 15 is 0 Å². The van der Waals surface area contributed by atoms with Gasteiger partial charge in [0.1, 0.15) is 5.82 Å². The molecule has 1 saturated heterocycles. The molecule has 1 N–H and O–H groups in total. The summed E-state index contributed by atoms with van der Waals surface area (Å²) in [6.45, 7) is 2.32. The van der Waals surface area contributed by atoms with E-state index in [2.05, 4.69) is 21.2 Å². The lowest BCUT2D eigenvalue weighted by atomic mass is 9.82. The maximum absolute atomic E-state index is 13.4. The number of anilines is 1. The molecule has 1 spiro atoms. The van der Waals surface area contributed by atoms with E-state index in [1.54, 1.807) is 6.07 Å². The predicted octanol–water partition coefficient (Wildman–Crippen LogP) is 2.67. The largest absolute Gasteiger partial charge is 0.383 e. The highest BCUT2D eigenvalue weighted by atomic mass is 79.9. The van der Waals surface area contributed by atoms with E-state index in [4.69, 9.17) is 4.74 Å². The molecule has 2 aliphatic rings. The molecule has 15 heavy (non-hydrogen) atoms. The SMILES string of the molecule is Fc1cc(Br)c2c(c1)C1(CCOC1)CN2. The van der Waals surface area contributed by atoms with Crippen LogP contribution in [0.4, 0.5) is 10.1 Å². The molecule has 0 bridgehead atoms. The van der Waals surface area contributed by atoms with Crippen LogP contribution in [-0.4, -0.2) is 19.8 Å². The predicted molar refractivity (Wildman–Crippen MR) is 59.7 cm³/mol. The highest BCUT2D eigenvalue weighted by Crippen LogP contribution is 2.45. The second-order valence-electron chi connectivity index (χ2n) is 4.25. The smallest absolute Gasteiger partial charge is 0.124 e. The van der Waals surface area contributed by atoms with Crippen molar-refractivity contribution in [2.24, 2.45) is 0 Å². The lowest BCUT2D eigenvalue weighted by Gasteiger charge is -2.20. The zero-order chi connectivity index (χ0) is 10.5. The highest BCUT2D eigenvalue weighted by Gasteiger charge is 2.43. The van der Waals surface area contributed by atoms with Crippen molar-refractivity contribution in [1.29, 1.82) is 0 Å². The van der Waals surface area contributed by atoms with E-state index in [1.807, 2.05) is 0 Å². The molecule has 3 rings (SSSR count). The molecule has 1 fully saturated rings. The van der Waals surface area contributed by atoms with Gasteiger partial charge in [0, 0.05) is 23.0 Å². The summed E-state index contributed by atoms with van der Waals surface area (Å²) in [6.07, 6.45) is 0.975. The molecule has 2 nitrogen and oxygen atoms in total. The van der Waals surface area contributed by atoms with Gasteiger partial charge in [-0.3, -0.25) is 0 Å². The quantitative estimate of drug-likeness (QED) is 0.784. The fraction of sp³-hybridized carbons (Fsp3) is 0.455. The number of hydrogen-bond acceptors (Lipinski definition) is 2. The van der Waals surface area contributed by atoms with Crippen molar-refractivity contribution in [3.8, 4) is 0 Å². The van der Waals surface area contributed by atoms with Gasteiger partial charge in [-0.15, -0.1) is 0 Å². The van der Waals surface area contributed by atoms with E-state index in [1.165, 1.54) is 6.07 Å². The van der Waals surface area contributed by atoms with Crippen LogP contribution in [0.2, 0.25) is 0 Å². The Hall–Kier alpha value is -0.610. The van der Waals surface area contributed by atoms with Gasteiger partial charge in [-0.25, -0.2) is 4.39 Å². The summed E-state index contributed by atoms with van der Waals surface area (Å²) in [4.78, 5) is 0. The third-order valence-electron chi connectivity index (χ3n) is 3.33. The number of halogens is 2. The molecule has 2 heterocycles. The number of rotatable bonds is 0. The van der Waals surface area contributed by atoms with E-state index in [-0.39, 0.29) is 11.2 Å². The minimum atomic E-state index is -0.185. The van der Waals surface area contributed by atoms with Gasteiger partial charge in [0.2, 0.25) is 0 Å². The van der Waals surface area contributed by atoms with E-state index in [9.17, 15) is 4.39 Å². The molecule has 1 atom stereocenters. The van der Waals surface area contributed by atoms with E-state index in [0.29, 0.717) is 6.61 Å². The monoisotopic (exact) mass is 271 g/mol. The van der Waals surface area contributed by atoms with Crippen LogP contribution in [0.15, 0.2) is 16.6 Å². The molecule has 4 heteroatoms. The van der Waals surface area contributed by atoms with Crippen molar-refractivity contribution < 1.29 is 9.13 Å². The summed E-state index contributed by atoms with van der Waals surface area (Å²) in [5, 5.41) is 3.33. The maximum atomic E-state index is 13.4. The van der Waals surface area contributed by atoms with Crippen molar-refractivity contribution in [3.63, 3.8) is 0 Å². The van der Waals surface area contributed by atoms with Gasteiger partial charge in [0.15, 0.2) is 0 Å². The zero-order valence-electron chi connectivity index (χ0n) is 8.15. The van der Waals surface area contributed by atoms with Crippen molar-refractivity contribution in [3.05, 3.63) is 28.0 Å². The molecule has 80 valence electrons. The van der Waals surface area contributed by atoms with E-state index in [0.717, 1.165) is 35.3 Å². The molecule has 0 aromatic heterocycles. The fourth-order valence-electron chi connectivity index (χ4n) is 2.48. The van der Waals surface area contributed by atoms with Crippen LogP contribution in [0.3, 0.4) is 0 Å². The molecular formula is C11H11BrFNO. The first kappa shape index (κ1) is 9.60. The average Bonchev–Trinajstić information content (AvgIpc) is 2.77. The Kier molecular flexibility index (Phi) is 2.04. The molecule has 1 aromatic rings. The van der Waals surface area contributed by atoms with Crippen molar-refractivity contribution in [2.75, 3.05) is 25.1 Å². The van der Waals surface area contributed by atoms with Gasteiger partial charge in [0.05, 0.1) is 12.3 Å². The number of benzene rings is 1. The van der Waals surface area contributed by atoms with Gasteiger partial charge in [-0.2, -0.15) is 0 Å². The molecule has 2 aliphatic heterocycles. The Labute approximate surface area is 95.9 Å². The normalized spacial score (nSPS) is 28.1. The maximum Gasteiger partial charge on any atom is 0.124 e. The summed E-state index contributed by atoms with van der Waals surface area (Å²) < 4.78 is 19.6. The third-order valence-corrected chi connectivity index (χ3v) is 3.96. The second-order valence-corrected chi connectivity index (χ2v) is 5.10. The molecule has 1 unspecified atom stereocenters. The number of nitrogens with one attached hydrogen (secondary N) is 1. The summed E-state index contributed by atoms with van der Waals surface area (Å²) in [5.41, 5.74) is 2.09. The fourth-order valence-corrected chi connectivity index (χ4v) is 3.06. The molecule has 0 saturated carbocycles. The van der Waals surface area contributed by atoms with Crippen LogP contribution < -0.4 is 5.32 Å². The highest BCUT2D eigenvalue weighted by molar-refractivity contribution is 9.10. The number of ether oxygens (including phenoxy) is 1. The molecule has 0 aliphatic carbocycles. The lowest BCUT2D eigenvalue weighted by Crippen LogP contribution is -2.28. The third kappa shape index (κ3) is 1.31. The topological polar surface area (TPSA) is 21.3 Å². The molecule has 1 aromatic carbocycles. The second kappa shape index (κ2) is 3.19. The van der Waals surface area contributed by atoms with Crippen LogP contribution in [0.1, 0.15) is 12.0 Å². The Morgan fingerprint density at radius 1 is 1.47 bits per heavy atom. The minimum absolute atomic E-state index is 0.0000463. The van der Waals surface area contributed by atoms with Crippen LogP contribution >= 0.6 is 15.9 Å². The summed E-state index contributed by atoms with van der Waals surface area (Å²) in [6, 6.07) is 3.13. The van der Waals surface area contributed by atoms with Crippen molar-refractivity contribution in [2.45, 2.75) is 11.8 Å². The van der Waals surface area contributed by atoms with Crippen LogP contribution in [-0.2, 0) is 10.2 Å². The molecular weight excluding hydrogens is 261 g/mol. The Morgan fingerprint density at radius 3 is 3.07 bits per heavy atom. The van der Waals surface area contributed by atoms with Gasteiger partial charge in [0.25, 0.3) is 0 Å². The Balaban J connectivity index is 2.16. The van der Waals surface area contributed by atoms with Gasteiger partial charge >= 0.3 is 0 Å². The Morgan fingerprint density at radius 2 is 2.33 bits per heavy atom. The van der Waals surface area contributed by atoms with Gasteiger partial charge < -0.3 is 10.1 Å². The molecule has 0 radical (unpaired) electrons. The summed E-state index contributed by atoms with van der Waals surface area (Å²) in [5.74, 6) is -0.185. The molecule has 0 amide bonds. The van der Waals surface area contributed by atoms with E-state index < -0.39 is 0 Å². The van der Waals surface area contributed by atoms with Crippen molar-refractivity contribution in [1.82, 2.24) is 0 Å². The summed E-state index contributed by atoms with van der Waals surface area (Å²) >= 11 is 3.39. The van der Waals surface area contributed by atoms with Gasteiger partial charge in [-0.1, -0.05) is 0 Å². The van der Waals surface area contributed by atoms with Gasteiger partial charge in [-0.05, 0) is 40.0 Å². The van der Waals surface area contributed by atoms with Crippen molar-refractivity contribution >= 4 is 21.6 Å². The summed E-state index contributed by atoms with van der Waals surface area (Å²) in [7, 11) is 0. The zero-order valence-corrected chi connectivity index (χ0v) is 9.73.